The standard InChI is InChI=1S/C24H23NO5/c1-24(22(26)27,13-16-7-6-12-29-16)15-25-23(28)30-14-21-19-10-4-2-8-17(19)18-9-3-5-11-20(18)21/h2-12,21H,13-15H2,1H3,(H,25,28)(H,26,27). The van der Waals surface area contributed by atoms with Crippen molar-refractivity contribution in [1.82, 2.24) is 5.32 Å². The maximum atomic E-state index is 12.3. The molecule has 0 fully saturated rings. The van der Waals surface area contributed by atoms with Crippen LogP contribution in [0.15, 0.2) is 71.3 Å². The lowest BCUT2D eigenvalue weighted by Gasteiger charge is -2.24. The van der Waals surface area contributed by atoms with Crippen LogP contribution in [0.3, 0.4) is 0 Å². The largest absolute Gasteiger partial charge is 0.481 e. The number of carboxylic acids is 1. The second-order valence-electron chi connectivity index (χ2n) is 7.80. The second kappa shape index (κ2) is 8.06. The van der Waals surface area contributed by atoms with Gasteiger partial charge in [0.15, 0.2) is 0 Å². The third-order valence-corrected chi connectivity index (χ3v) is 5.63. The van der Waals surface area contributed by atoms with Crippen molar-refractivity contribution in [2.75, 3.05) is 13.2 Å². The average Bonchev–Trinajstić information content (AvgIpc) is 3.36. The molecule has 6 heteroatoms. The van der Waals surface area contributed by atoms with E-state index in [4.69, 9.17) is 9.15 Å². The highest BCUT2D eigenvalue weighted by atomic mass is 16.5. The van der Waals surface area contributed by atoms with Gasteiger partial charge in [-0.2, -0.15) is 0 Å². The minimum atomic E-state index is -1.20. The summed E-state index contributed by atoms with van der Waals surface area (Å²) < 4.78 is 10.7. The number of fused-ring (bicyclic) bond motifs is 3. The smallest absolute Gasteiger partial charge is 0.407 e. The summed E-state index contributed by atoms with van der Waals surface area (Å²) in [4.78, 5) is 24.1. The predicted molar refractivity (Wildman–Crippen MR) is 111 cm³/mol. The number of aliphatic carboxylic acids is 1. The van der Waals surface area contributed by atoms with Crippen LogP contribution < -0.4 is 5.32 Å². The number of alkyl carbamates (subject to hydrolysis) is 1. The van der Waals surface area contributed by atoms with Gasteiger partial charge in [-0.15, -0.1) is 0 Å². The lowest BCUT2D eigenvalue weighted by atomic mass is 9.86. The summed E-state index contributed by atoms with van der Waals surface area (Å²) in [5.74, 6) is -0.510. The first-order valence-corrected chi connectivity index (χ1v) is 9.82. The summed E-state index contributed by atoms with van der Waals surface area (Å²) in [6, 6.07) is 19.6. The molecule has 1 aromatic heterocycles. The van der Waals surface area contributed by atoms with Crippen molar-refractivity contribution in [3.8, 4) is 11.1 Å². The summed E-state index contributed by atoms with van der Waals surface area (Å²) in [5, 5.41) is 12.2. The van der Waals surface area contributed by atoms with Crippen molar-refractivity contribution in [3.63, 3.8) is 0 Å². The van der Waals surface area contributed by atoms with E-state index in [1.807, 2.05) is 36.4 Å². The first kappa shape index (κ1) is 19.8. The van der Waals surface area contributed by atoms with E-state index in [0.717, 1.165) is 22.3 Å². The van der Waals surface area contributed by atoms with Crippen LogP contribution in [-0.2, 0) is 16.0 Å². The molecule has 0 saturated carbocycles. The van der Waals surface area contributed by atoms with Crippen LogP contribution in [0.5, 0.6) is 0 Å². The topological polar surface area (TPSA) is 88.8 Å². The highest BCUT2D eigenvalue weighted by molar-refractivity contribution is 5.79. The van der Waals surface area contributed by atoms with Crippen molar-refractivity contribution < 1.29 is 23.8 Å². The van der Waals surface area contributed by atoms with Crippen LogP contribution in [0, 0.1) is 5.41 Å². The lowest BCUT2D eigenvalue weighted by Crippen LogP contribution is -2.42. The van der Waals surface area contributed by atoms with Crippen LogP contribution >= 0.6 is 0 Å². The fourth-order valence-corrected chi connectivity index (χ4v) is 3.93. The predicted octanol–water partition coefficient (Wildman–Crippen LogP) is 4.45. The Hall–Kier alpha value is -3.54. The molecule has 0 saturated heterocycles. The van der Waals surface area contributed by atoms with Crippen molar-refractivity contribution >= 4 is 12.1 Å². The third-order valence-electron chi connectivity index (χ3n) is 5.63. The number of carboxylic acid groups (broad SMARTS) is 1. The Morgan fingerprint density at radius 2 is 1.67 bits per heavy atom. The number of nitrogens with one attached hydrogen (secondary N) is 1. The molecule has 6 nitrogen and oxygen atoms in total. The molecule has 0 spiro atoms. The van der Waals surface area contributed by atoms with E-state index in [0.29, 0.717) is 5.76 Å². The Bertz CT molecular complexity index is 1010. The molecule has 0 radical (unpaired) electrons. The molecule has 2 N–H and O–H groups in total. The minimum absolute atomic E-state index is 0.0443. The molecule has 1 atom stereocenters. The van der Waals surface area contributed by atoms with Crippen molar-refractivity contribution in [3.05, 3.63) is 83.8 Å². The zero-order valence-electron chi connectivity index (χ0n) is 16.6. The number of benzene rings is 2. The van der Waals surface area contributed by atoms with E-state index < -0.39 is 17.5 Å². The van der Waals surface area contributed by atoms with Crippen molar-refractivity contribution in [2.45, 2.75) is 19.3 Å². The number of ether oxygens (including phenoxy) is 1. The van der Waals surface area contributed by atoms with Crippen LogP contribution in [0.2, 0.25) is 0 Å². The zero-order valence-corrected chi connectivity index (χ0v) is 16.6. The Labute approximate surface area is 174 Å². The Balaban J connectivity index is 1.40. The van der Waals surface area contributed by atoms with Gasteiger partial charge in [0.05, 0.1) is 11.7 Å². The average molecular weight is 405 g/mol. The number of rotatable bonds is 7. The summed E-state index contributed by atoms with van der Waals surface area (Å²) in [5.41, 5.74) is 3.35. The molecule has 0 aliphatic heterocycles. The Kier molecular flexibility index (Phi) is 5.31. The van der Waals surface area contributed by atoms with Crippen LogP contribution in [0.1, 0.15) is 29.7 Å². The number of amides is 1. The van der Waals surface area contributed by atoms with Gasteiger partial charge >= 0.3 is 12.1 Å². The SMILES string of the molecule is CC(CNC(=O)OCC1c2ccccc2-c2ccccc21)(Cc1ccco1)C(=O)O. The highest BCUT2D eigenvalue weighted by Crippen LogP contribution is 2.44. The molecule has 1 amide bonds. The molecule has 1 unspecified atom stereocenters. The van der Waals surface area contributed by atoms with E-state index in [9.17, 15) is 14.7 Å². The van der Waals surface area contributed by atoms with E-state index in [1.165, 1.54) is 6.26 Å². The molecule has 30 heavy (non-hydrogen) atoms. The zero-order chi connectivity index (χ0) is 21.1. The maximum absolute atomic E-state index is 12.3. The summed E-state index contributed by atoms with van der Waals surface area (Å²) in [6.45, 7) is 1.68. The maximum Gasteiger partial charge on any atom is 0.407 e. The fourth-order valence-electron chi connectivity index (χ4n) is 3.93. The molecule has 2 aromatic carbocycles. The monoisotopic (exact) mass is 405 g/mol. The number of hydrogen-bond acceptors (Lipinski definition) is 4. The van der Waals surface area contributed by atoms with Gasteiger partial charge in [-0.3, -0.25) is 4.79 Å². The van der Waals surface area contributed by atoms with Crippen molar-refractivity contribution in [2.24, 2.45) is 5.41 Å². The summed E-state index contributed by atoms with van der Waals surface area (Å²) >= 11 is 0. The second-order valence-corrected chi connectivity index (χ2v) is 7.80. The van der Waals surface area contributed by atoms with Crippen LogP contribution in [-0.4, -0.2) is 30.3 Å². The van der Waals surface area contributed by atoms with Gasteiger partial charge in [0, 0.05) is 18.9 Å². The molecule has 1 heterocycles. The summed E-state index contributed by atoms with van der Waals surface area (Å²) in [6.07, 6.45) is 1.03. The molecular weight excluding hydrogens is 382 g/mol. The fraction of sp³-hybridized carbons (Fsp3) is 0.250. The molecular formula is C24H23NO5. The number of carbonyl (C=O) groups excluding carboxylic acids is 1. The molecule has 1 aliphatic carbocycles. The normalized spacial score (nSPS) is 14.4. The molecule has 3 aromatic rings. The lowest BCUT2D eigenvalue weighted by molar-refractivity contribution is -0.147. The van der Waals surface area contributed by atoms with E-state index in [-0.39, 0.29) is 25.5 Å². The van der Waals surface area contributed by atoms with Gasteiger partial charge in [0.2, 0.25) is 0 Å². The van der Waals surface area contributed by atoms with Crippen LogP contribution in [0.25, 0.3) is 11.1 Å². The quantitative estimate of drug-likeness (QED) is 0.606. The van der Waals surface area contributed by atoms with E-state index >= 15 is 0 Å². The highest BCUT2D eigenvalue weighted by Gasteiger charge is 2.35. The third kappa shape index (κ3) is 3.81. The molecule has 0 bridgehead atoms. The van der Waals surface area contributed by atoms with Gasteiger partial charge in [0.25, 0.3) is 0 Å². The van der Waals surface area contributed by atoms with Gasteiger partial charge in [-0.1, -0.05) is 48.5 Å². The minimum Gasteiger partial charge on any atom is -0.481 e. The molecule has 154 valence electrons. The van der Waals surface area contributed by atoms with E-state index in [2.05, 4.69) is 17.4 Å². The van der Waals surface area contributed by atoms with Gasteiger partial charge in [0.1, 0.15) is 12.4 Å². The first-order chi connectivity index (χ1) is 14.5. The number of carbonyl (C=O) groups is 2. The van der Waals surface area contributed by atoms with Gasteiger partial charge in [-0.05, 0) is 41.3 Å². The van der Waals surface area contributed by atoms with Gasteiger partial charge in [-0.25, -0.2) is 4.79 Å². The van der Waals surface area contributed by atoms with Gasteiger partial charge < -0.3 is 19.6 Å². The number of hydrogen-bond donors (Lipinski definition) is 2. The first-order valence-electron chi connectivity index (χ1n) is 9.82. The number of furan rings is 1. The van der Waals surface area contributed by atoms with Crippen molar-refractivity contribution in [1.29, 1.82) is 0 Å². The Morgan fingerprint density at radius 1 is 1.03 bits per heavy atom. The van der Waals surface area contributed by atoms with Crippen LogP contribution in [0.4, 0.5) is 4.79 Å². The molecule has 1 aliphatic rings. The summed E-state index contributed by atoms with van der Waals surface area (Å²) in [7, 11) is 0. The molecule has 4 rings (SSSR count). The Morgan fingerprint density at radius 3 is 2.23 bits per heavy atom. The van der Waals surface area contributed by atoms with E-state index in [1.54, 1.807) is 19.1 Å².